The quantitative estimate of drug-likeness (QED) is 0.601. The average molecular weight is 194 g/mol. The molecular formula is C14H26. The Kier molecular flexibility index (Phi) is 3.52. The van der Waals surface area contributed by atoms with E-state index in [2.05, 4.69) is 13.8 Å². The summed E-state index contributed by atoms with van der Waals surface area (Å²) in [5, 5.41) is 0. The fourth-order valence-electron chi connectivity index (χ4n) is 3.83. The van der Waals surface area contributed by atoms with E-state index in [4.69, 9.17) is 0 Å². The molecular weight excluding hydrogens is 168 g/mol. The molecule has 2 saturated carbocycles. The minimum Gasteiger partial charge on any atom is -0.0625 e. The molecule has 0 bridgehead atoms. The van der Waals surface area contributed by atoms with Gasteiger partial charge in [0.05, 0.1) is 0 Å². The molecule has 0 aliphatic heterocycles. The largest absolute Gasteiger partial charge is 0.0625 e. The summed E-state index contributed by atoms with van der Waals surface area (Å²) in [6.45, 7) is 4.99. The molecule has 2 unspecified atom stereocenters. The Morgan fingerprint density at radius 1 is 0.857 bits per heavy atom. The van der Waals surface area contributed by atoms with E-state index in [1.807, 2.05) is 0 Å². The molecule has 0 amide bonds. The Hall–Kier alpha value is 0. The van der Waals surface area contributed by atoms with Gasteiger partial charge in [-0.25, -0.2) is 0 Å². The lowest BCUT2D eigenvalue weighted by Crippen LogP contribution is -2.24. The van der Waals surface area contributed by atoms with Crippen LogP contribution in [0, 0.1) is 23.7 Å². The highest BCUT2D eigenvalue weighted by Crippen LogP contribution is 2.41. The summed E-state index contributed by atoms with van der Waals surface area (Å²) in [7, 11) is 0. The van der Waals surface area contributed by atoms with Gasteiger partial charge in [0, 0.05) is 0 Å². The SMILES string of the molecule is CC1CCCC([C@@H](C)C2CCCC2)C1. The Morgan fingerprint density at radius 3 is 2.14 bits per heavy atom. The predicted molar refractivity (Wildman–Crippen MR) is 62.2 cm³/mol. The molecule has 2 rings (SSSR count). The molecule has 0 nitrogen and oxygen atoms in total. The third kappa shape index (κ3) is 2.32. The minimum atomic E-state index is 1.01. The van der Waals surface area contributed by atoms with Crippen molar-refractivity contribution < 1.29 is 0 Å². The minimum absolute atomic E-state index is 1.01. The van der Waals surface area contributed by atoms with Crippen LogP contribution in [0.4, 0.5) is 0 Å². The molecule has 2 fully saturated rings. The standard InChI is InChI=1S/C14H26/c1-11-6-5-9-14(10-11)12(2)13-7-3-4-8-13/h11-14H,3-10H2,1-2H3/t11?,12-,14?/m0/s1. The number of hydrogen-bond donors (Lipinski definition) is 0. The molecule has 3 atom stereocenters. The van der Waals surface area contributed by atoms with Gasteiger partial charge in [-0.05, 0) is 30.1 Å². The first-order valence-corrected chi connectivity index (χ1v) is 6.77. The van der Waals surface area contributed by atoms with Gasteiger partial charge in [0.1, 0.15) is 0 Å². The molecule has 0 heteroatoms. The summed E-state index contributed by atoms with van der Waals surface area (Å²) >= 11 is 0. The molecule has 82 valence electrons. The summed E-state index contributed by atoms with van der Waals surface area (Å²) in [5.74, 6) is 4.20. The normalized spacial score (nSPS) is 37.3. The van der Waals surface area contributed by atoms with E-state index in [9.17, 15) is 0 Å². The maximum absolute atomic E-state index is 2.54. The summed E-state index contributed by atoms with van der Waals surface area (Å²) < 4.78 is 0. The first-order chi connectivity index (χ1) is 6.77. The highest BCUT2D eigenvalue weighted by molar-refractivity contribution is 4.81. The van der Waals surface area contributed by atoms with E-state index in [0.29, 0.717) is 0 Å². The first-order valence-electron chi connectivity index (χ1n) is 6.77. The van der Waals surface area contributed by atoms with Crippen LogP contribution in [0.2, 0.25) is 0 Å². The third-order valence-electron chi connectivity index (χ3n) is 4.86. The molecule has 2 aliphatic carbocycles. The third-order valence-corrected chi connectivity index (χ3v) is 4.86. The summed E-state index contributed by atoms with van der Waals surface area (Å²) in [6, 6.07) is 0. The van der Waals surface area contributed by atoms with Crippen molar-refractivity contribution in [3.63, 3.8) is 0 Å². The number of rotatable bonds is 2. The van der Waals surface area contributed by atoms with Crippen molar-refractivity contribution >= 4 is 0 Å². The number of hydrogen-bond acceptors (Lipinski definition) is 0. The molecule has 0 radical (unpaired) electrons. The van der Waals surface area contributed by atoms with E-state index in [0.717, 1.165) is 23.7 Å². The van der Waals surface area contributed by atoms with Gasteiger partial charge in [0.15, 0.2) is 0 Å². The van der Waals surface area contributed by atoms with Crippen molar-refractivity contribution in [1.82, 2.24) is 0 Å². The lowest BCUT2D eigenvalue weighted by atomic mass is 9.72. The lowest BCUT2D eigenvalue weighted by molar-refractivity contribution is 0.165. The zero-order chi connectivity index (χ0) is 9.97. The fraction of sp³-hybridized carbons (Fsp3) is 1.00. The van der Waals surface area contributed by atoms with Crippen molar-refractivity contribution in [2.24, 2.45) is 23.7 Å². The topological polar surface area (TPSA) is 0 Å². The molecule has 0 heterocycles. The van der Waals surface area contributed by atoms with E-state index < -0.39 is 0 Å². The van der Waals surface area contributed by atoms with Gasteiger partial charge in [-0.1, -0.05) is 58.8 Å². The molecule has 0 N–H and O–H groups in total. The lowest BCUT2D eigenvalue weighted by Gasteiger charge is -2.34. The molecule has 14 heavy (non-hydrogen) atoms. The van der Waals surface area contributed by atoms with Crippen molar-refractivity contribution in [2.45, 2.75) is 65.2 Å². The van der Waals surface area contributed by atoms with Gasteiger partial charge in [0.25, 0.3) is 0 Å². The maximum Gasteiger partial charge on any atom is -0.0383 e. The van der Waals surface area contributed by atoms with Crippen LogP contribution in [0.1, 0.15) is 65.2 Å². The first kappa shape index (κ1) is 10.5. The van der Waals surface area contributed by atoms with Crippen LogP contribution in [-0.4, -0.2) is 0 Å². The fourth-order valence-corrected chi connectivity index (χ4v) is 3.83. The van der Waals surface area contributed by atoms with E-state index >= 15 is 0 Å². The van der Waals surface area contributed by atoms with Gasteiger partial charge in [-0.3, -0.25) is 0 Å². The summed E-state index contributed by atoms with van der Waals surface area (Å²) in [6.07, 6.45) is 12.1. The molecule has 0 spiro atoms. The zero-order valence-electron chi connectivity index (χ0n) is 9.97. The zero-order valence-corrected chi connectivity index (χ0v) is 9.97. The van der Waals surface area contributed by atoms with Gasteiger partial charge < -0.3 is 0 Å². The van der Waals surface area contributed by atoms with Crippen LogP contribution in [0.25, 0.3) is 0 Å². The van der Waals surface area contributed by atoms with Crippen LogP contribution in [0.3, 0.4) is 0 Å². The van der Waals surface area contributed by atoms with Crippen LogP contribution >= 0.6 is 0 Å². The van der Waals surface area contributed by atoms with Crippen molar-refractivity contribution in [2.75, 3.05) is 0 Å². The van der Waals surface area contributed by atoms with Crippen LogP contribution < -0.4 is 0 Å². The molecule has 0 aromatic heterocycles. The van der Waals surface area contributed by atoms with Gasteiger partial charge >= 0.3 is 0 Å². The second-order valence-corrected chi connectivity index (χ2v) is 5.94. The van der Waals surface area contributed by atoms with Crippen LogP contribution in [0.15, 0.2) is 0 Å². The Bertz CT molecular complexity index is 167. The Labute approximate surface area is 89.5 Å². The van der Waals surface area contributed by atoms with Crippen LogP contribution in [-0.2, 0) is 0 Å². The van der Waals surface area contributed by atoms with Crippen molar-refractivity contribution in [3.05, 3.63) is 0 Å². The molecule has 0 aromatic carbocycles. The summed E-state index contributed by atoms with van der Waals surface area (Å²) in [5.41, 5.74) is 0. The Balaban J connectivity index is 1.86. The highest BCUT2D eigenvalue weighted by Gasteiger charge is 2.30. The maximum atomic E-state index is 2.54. The van der Waals surface area contributed by atoms with Crippen molar-refractivity contribution in [3.8, 4) is 0 Å². The van der Waals surface area contributed by atoms with E-state index in [-0.39, 0.29) is 0 Å². The second kappa shape index (κ2) is 4.68. The van der Waals surface area contributed by atoms with Crippen LogP contribution in [0.5, 0.6) is 0 Å². The predicted octanol–water partition coefficient (Wildman–Crippen LogP) is 4.64. The Morgan fingerprint density at radius 2 is 1.50 bits per heavy atom. The van der Waals surface area contributed by atoms with E-state index in [1.165, 1.54) is 51.4 Å². The smallest absolute Gasteiger partial charge is 0.0383 e. The second-order valence-electron chi connectivity index (χ2n) is 5.94. The molecule has 0 saturated heterocycles. The average Bonchev–Trinajstić information content (AvgIpc) is 2.69. The monoisotopic (exact) mass is 194 g/mol. The van der Waals surface area contributed by atoms with E-state index in [1.54, 1.807) is 0 Å². The highest BCUT2D eigenvalue weighted by atomic mass is 14.4. The molecule has 0 aromatic rings. The summed E-state index contributed by atoms with van der Waals surface area (Å²) in [4.78, 5) is 0. The molecule has 2 aliphatic rings. The van der Waals surface area contributed by atoms with Crippen molar-refractivity contribution in [1.29, 1.82) is 0 Å². The van der Waals surface area contributed by atoms with Gasteiger partial charge in [0.2, 0.25) is 0 Å². The van der Waals surface area contributed by atoms with Gasteiger partial charge in [-0.15, -0.1) is 0 Å². The van der Waals surface area contributed by atoms with Gasteiger partial charge in [-0.2, -0.15) is 0 Å².